The van der Waals surface area contributed by atoms with Crippen molar-refractivity contribution in [2.45, 2.75) is 12.8 Å². The number of carbonyl (C=O) groups is 1. The zero-order chi connectivity index (χ0) is 22.1. The van der Waals surface area contributed by atoms with E-state index in [0.717, 1.165) is 24.5 Å². The predicted molar refractivity (Wildman–Crippen MR) is 121 cm³/mol. The third-order valence-corrected chi connectivity index (χ3v) is 5.72. The first-order valence-electron chi connectivity index (χ1n) is 10.4. The van der Waals surface area contributed by atoms with Crippen molar-refractivity contribution in [2.75, 3.05) is 0 Å². The maximum atomic E-state index is 14.0. The van der Waals surface area contributed by atoms with Crippen LogP contribution in [0.5, 0.6) is 0 Å². The van der Waals surface area contributed by atoms with E-state index in [1.54, 1.807) is 24.5 Å². The second-order valence-electron chi connectivity index (χ2n) is 7.84. The summed E-state index contributed by atoms with van der Waals surface area (Å²) in [5.74, 6) is -1.52. The molecule has 0 saturated carbocycles. The van der Waals surface area contributed by atoms with Crippen molar-refractivity contribution in [3.8, 4) is 0 Å². The van der Waals surface area contributed by atoms with E-state index < -0.39 is 11.6 Å². The fourth-order valence-corrected chi connectivity index (χ4v) is 4.25. The van der Waals surface area contributed by atoms with Crippen LogP contribution in [0.4, 0.5) is 8.78 Å². The van der Waals surface area contributed by atoms with Gasteiger partial charge in [0.05, 0.1) is 0 Å². The third-order valence-electron chi connectivity index (χ3n) is 5.72. The highest BCUT2D eigenvalue weighted by Crippen LogP contribution is 2.42. The van der Waals surface area contributed by atoms with Crippen molar-refractivity contribution in [3.05, 3.63) is 136 Å². The number of pyridine rings is 1. The van der Waals surface area contributed by atoms with Gasteiger partial charge in [0.25, 0.3) is 0 Å². The smallest absolute Gasteiger partial charge is 0.194 e. The predicted octanol–water partition coefficient (Wildman–Crippen LogP) is 6.30. The van der Waals surface area contributed by atoms with Gasteiger partial charge in [-0.1, -0.05) is 48.5 Å². The second-order valence-corrected chi connectivity index (χ2v) is 7.84. The van der Waals surface area contributed by atoms with Gasteiger partial charge < -0.3 is 0 Å². The number of benzene rings is 3. The molecule has 0 N–H and O–H groups in total. The van der Waals surface area contributed by atoms with Crippen molar-refractivity contribution in [2.24, 2.45) is 0 Å². The topological polar surface area (TPSA) is 30.0 Å². The fraction of sp³-hybridized carbons (Fsp3) is 0.0714. The minimum absolute atomic E-state index is 0.158. The summed E-state index contributed by atoms with van der Waals surface area (Å²) in [6, 6.07) is 22.8. The Balaban J connectivity index is 1.59. The molecule has 0 atom stereocenters. The summed E-state index contributed by atoms with van der Waals surface area (Å²) in [4.78, 5) is 17.6. The standard InChI is InChI=1S/C28H19F2NO/c29-22-14-21(15-23(30)16-22)26-24-11-10-19(9-8-18-5-2-1-3-6-18)13-25(24)28(32)27(26)20-7-4-12-31-17-20/h1-7,10-17H,8-9H2. The van der Waals surface area contributed by atoms with Gasteiger partial charge in [-0.3, -0.25) is 9.78 Å². The van der Waals surface area contributed by atoms with Crippen LogP contribution in [0, 0.1) is 11.6 Å². The number of aryl methyl sites for hydroxylation is 2. The van der Waals surface area contributed by atoms with Crippen LogP contribution in [0.15, 0.2) is 91.3 Å². The van der Waals surface area contributed by atoms with E-state index in [4.69, 9.17) is 0 Å². The van der Waals surface area contributed by atoms with E-state index in [1.807, 2.05) is 36.4 Å². The summed E-state index contributed by atoms with van der Waals surface area (Å²) in [6.45, 7) is 0. The lowest BCUT2D eigenvalue weighted by molar-refractivity contribution is 0.105. The van der Waals surface area contributed by atoms with Gasteiger partial charge in [0.1, 0.15) is 11.6 Å². The van der Waals surface area contributed by atoms with Crippen molar-refractivity contribution >= 4 is 16.9 Å². The van der Waals surface area contributed by atoms with Gasteiger partial charge in [-0.25, -0.2) is 8.78 Å². The first kappa shape index (κ1) is 20.0. The van der Waals surface area contributed by atoms with Crippen LogP contribution in [-0.2, 0) is 12.8 Å². The molecule has 1 aliphatic rings. The lowest BCUT2D eigenvalue weighted by atomic mass is 9.94. The Morgan fingerprint density at radius 3 is 2.12 bits per heavy atom. The number of aromatic nitrogens is 1. The minimum Gasteiger partial charge on any atom is -0.289 e. The molecule has 5 rings (SSSR count). The molecule has 4 aromatic rings. The highest BCUT2D eigenvalue weighted by atomic mass is 19.1. The Labute approximate surface area is 184 Å². The quantitative estimate of drug-likeness (QED) is 0.377. The van der Waals surface area contributed by atoms with Crippen LogP contribution in [0.25, 0.3) is 11.1 Å². The summed E-state index contributed by atoms with van der Waals surface area (Å²) in [7, 11) is 0. The molecule has 0 radical (unpaired) electrons. The largest absolute Gasteiger partial charge is 0.289 e. The Morgan fingerprint density at radius 1 is 0.656 bits per heavy atom. The van der Waals surface area contributed by atoms with E-state index in [0.29, 0.717) is 33.4 Å². The van der Waals surface area contributed by atoms with Crippen molar-refractivity contribution in [1.29, 1.82) is 0 Å². The highest BCUT2D eigenvalue weighted by molar-refractivity contribution is 6.41. The molecule has 1 aromatic heterocycles. The molecule has 1 aliphatic carbocycles. The molecule has 0 unspecified atom stereocenters. The summed E-state index contributed by atoms with van der Waals surface area (Å²) in [5, 5.41) is 0. The number of ketones is 1. The number of fused-ring (bicyclic) bond motifs is 1. The molecule has 0 aliphatic heterocycles. The van der Waals surface area contributed by atoms with Gasteiger partial charge in [0, 0.05) is 40.7 Å². The van der Waals surface area contributed by atoms with E-state index in [9.17, 15) is 13.6 Å². The van der Waals surface area contributed by atoms with Gasteiger partial charge in [0.15, 0.2) is 5.78 Å². The van der Waals surface area contributed by atoms with Crippen LogP contribution < -0.4 is 0 Å². The first-order chi connectivity index (χ1) is 15.6. The van der Waals surface area contributed by atoms with Crippen molar-refractivity contribution < 1.29 is 13.6 Å². The molecular weight excluding hydrogens is 404 g/mol. The summed E-state index contributed by atoms with van der Waals surface area (Å²) >= 11 is 0. The lowest BCUT2D eigenvalue weighted by Crippen LogP contribution is -2.00. The van der Waals surface area contributed by atoms with E-state index in [1.165, 1.54) is 17.7 Å². The molecular formula is C28H19F2NO. The number of Topliss-reactive ketones (excluding diaryl/α,β-unsaturated/α-hetero) is 1. The molecule has 1 heterocycles. The Hall–Kier alpha value is -3.92. The molecule has 156 valence electrons. The molecule has 2 nitrogen and oxygen atoms in total. The van der Waals surface area contributed by atoms with Gasteiger partial charge >= 0.3 is 0 Å². The molecule has 0 spiro atoms. The minimum atomic E-state index is -0.682. The maximum Gasteiger partial charge on any atom is 0.194 e. The monoisotopic (exact) mass is 423 g/mol. The average Bonchev–Trinajstić information content (AvgIpc) is 3.10. The number of halogens is 2. The Bertz CT molecular complexity index is 1320. The van der Waals surface area contributed by atoms with E-state index in [2.05, 4.69) is 17.1 Å². The van der Waals surface area contributed by atoms with E-state index >= 15 is 0 Å². The Morgan fingerprint density at radius 2 is 1.41 bits per heavy atom. The van der Waals surface area contributed by atoms with Gasteiger partial charge in [0.2, 0.25) is 0 Å². The summed E-state index contributed by atoms with van der Waals surface area (Å²) < 4.78 is 28.1. The Kier molecular flexibility index (Phi) is 5.20. The van der Waals surface area contributed by atoms with Crippen LogP contribution >= 0.6 is 0 Å². The molecule has 3 aromatic carbocycles. The van der Waals surface area contributed by atoms with Gasteiger partial charge in [-0.15, -0.1) is 0 Å². The number of hydrogen-bond acceptors (Lipinski definition) is 2. The average molecular weight is 423 g/mol. The lowest BCUT2D eigenvalue weighted by Gasteiger charge is -2.10. The summed E-state index contributed by atoms with van der Waals surface area (Å²) in [5.41, 5.74) is 5.41. The molecule has 32 heavy (non-hydrogen) atoms. The molecule has 0 fully saturated rings. The van der Waals surface area contributed by atoms with Gasteiger partial charge in [-0.2, -0.15) is 0 Å². The number of carbonyl (C=O) groups excluding carboxylic acids is 1. The normalized spacial score (nSPS) is 12.9. The van der Waals surface area contributed by atoms with Gasteiger partial charge in [-0.05, 0) is 59.4 Å². The zero-order valence-electron chi connectivity index (χ0n) is 17.2. The van der Waals surface area contributed by atoms with E-state index in [-0.39, 0.29) is 5.78 Å². The van der Waals surface area contributed by atoms with Crippen LogP contribution in [0.1, 0.15) is 38.2 Å². The van der Waals surface area contributed by atoms with Crippen molar-refractivity contribution in [1.82, 2.24) is 4.98 Å². The molecule has 4 heteroatoms. The first-order valence-corrected chi connectivity index (χ1v) is 10.4. The SMILES string of the molecule is O=C1C(c2cccnc2)=C(c2cc(F)cc(F)c2)c2ccc(CCc3ccccc3)cc21. The second kappa shape index (κ2) is 8.31. The highest BCUT2D eigenvalue weighted by Gasteiger charge is 2.32. The fourth-order valence-electron chi connectivity index (χ4n) is 4.25. The molecule has 0 amide bonds. The van der Waals surface area contributed by atoms with Crippen LogP contribution in [0.3, 0.4) is 0 Å². The number of nitrogens with zero attached hydrogens (tertiary/aromatic N) is 1. The van der Waals surface area contributed by atoms with Crippen LogP contribution in [0.2, 0.25) is 0 Å². The number of hydrogen-bond donors (Lipinski definition) is 0. The zero-order valence-corrected chi connectivity index (χ0v) is 17.2. The van der Waals surface area contributed by atoms with Crippen molar-refractivity contribution in [3.63, 3.8) is 0 Å². The van der Waals surface area contributed by atoms with Crippen LogP contribution in [-0.4, -0.2) is 10.8 Å². The molecule has 0 bridgehead atoms. The molecule has 0 saturated heterocycles. The maximum absolute atomic E-state index is 14.0. The third kappa shape index (κ3) is 3.76. The number of allylic oxidation sites excluding steroid dienone is 1. The summed E-state index contributed by atoms with van der Waals surface area (Å²) in [6.07, 6.45) is 4.88. The number of rotatable bonds is 5.